The molecular weight excluding hydrogens is 624 g/mol. The molecule has 1 aliphatic heterocycles. The summed E-state index contributed by atoms with van der Waals surface area (Å²) in [7, 11) is 3.76. The molecule has 4 N–H and O–H groups in total. The molecule has 1 aromatic heterocycles. The fourth-order valence-electron chi connectivity index (χ4n) is 5.67. The zero-order chi connectivity index (χ0) is 35.2. The number of anilines is 1. The first-order chi connectivity index (χ1) is 22.8. The number of benzene rings is 1. The second-order valence-corrected chi connectivity index (χ2v) is 12.3. The second-order valence-electron chi connectivity index (χ2n) is 12.3. The van der Waals surface area contributed by atoms with Crippen molar-refractivity contribution in [1.29, 1.82) is 0 Å². The second kappa shape index (κ2) is 18.9. The number of aromatic nitrogens is 3. The topological polar surface area (TPSA) is 204 Å². The molecule has 16 heteroatoms. The van der Waals surface area contributed by atoms with Crippen LogP contribution in [0.2, 0.25) is 0 Å². The van der Waals surface area contributed by atoms with Gasteiger partial charge in [-0.2, -0.15) is 9.97 Å². The van der Waals surface area contributed by atoms with Crippen molar-refractivity contribution in [2.24, 2.45) is 0 Å². The van der Waals surface area contributed by atoms with E-state index in [-0.39, 0.29) is 72.0 Å². The number of carboxylic acid groups (broad SMARTS) is 4. The van der Waals surface area contributed by atoms with Crippen LogP contribution in [0.1, 0.15) is 36.1 Å². The van der Waals surface area contributed by atoms with Gasteiger partial charge in [0.05, 0.1) is 26.2 Å². The van der Waals surface area contributed by atoms with Crippen LogP contribution in [0, 0.1) is 0 Å². The summed E-state index contributed by atoms with van der Waals surface area (Å²) in [5.74, 6) is -2.20. The number of hydrogen-bond acceptors (Lipinski definition) is 12. The highest BCUT2D eigenvalue weighted by Crippen LogP contribution is 2.16. The van der Waals surface area contributed by atoms with Crippen LogP contribution in [0.3, 0.4) is 0 Å². The van der Waals surface area contributed by atoms with E-state index in [9.17, 15) is 39.6 Å². The average molecular weight is 673 g/mol. The van der Waals surface area contributed by atoms with E-state index < -0.39 is 29.9 Å². The number of aliphatic carboxylic acids is 4. The standard InChI is InChI=1S/C32H48N8O8/c1-4-5-26-33-27(35-32(34-26)36(2)3)17-24-8-6-23(7-9-24)16-25-18-39(21-30(45)46)13-12-37(19-28(41)42)10-11-38(20-29(43)44)14-15-40(25)22-31(47)48/h6-9,25H,4-5,10-22H2,1-3H3,(H,41,42)(H,43,44)(H,45,46)(H,47,48). The molecule has 1 unspecified atom stereocenters. The molecule has 0 amide bonds. The van der Waals surface area contributed by atoms with Gasteiger partial charge in [0.25, 0.3) is 0 Å². The Kier molecular flexibility index (Phi) is 15.1. The quantitative estimate of drug-likeness (QED) is 0.196. The van der Waals surface area contributed by atoms with Crippen LogP contribution < -0.4 is 4.90 Å². The van der Waals surface area contributed by atoms with Crippen molar-refractivity contribution in [3.05, 3.63) is 47.0 Å². The average Bonchev–Trinajstić information content (AvgIpc) is 2.99. The summed E-state index contributed by atoms with van der Waals surface area (Å²) in [6.07, 6.45) is 2.55. The summed E-state index contributed by atoms with van der Waals surface area (Å²) in [4.78, 5) is 69.4. The lowest BCUT2D eigenvalue weighted by molar-refractivity contribution is -0.142. The van der Waals surface area contributed by atoms with Crippen LogP contribution in [0.15, 0.2) is 24.3 Å². The monoisotopic (exact) mass is 672 g/mol. The van der Waals surface area contributed by atoms with Gasteiger partial charge in [0.1, 0.15) is 11.6 Å². The largest absolute Gasteiger partial charge is 0.480 e. The van der Waals surface area contributed by atoms with Gasteiger partial charge in [0, 0.05) is 78.8 Å². The molecular formula is C32H48N8O8. The van der Waals surface area contributed by atoms with Gasteiger partial charge < -0.3 is 25.3 Å². The summed E-state index contributed by atoms with van der Waals surface area (Å²) in [5.41, 5.74) is 1.89. The molecule has 1 saturated heterocycles. The van der Waals surface area contributed by atoms with E-state index in [0.29, 0.717) is 24.6 Å². The fraction of sp³-hybridized carbons (Fsp3) is 0.594. The molecule has 3 rings (SSSR count). The number of carboxylic acids is 4. The lowest BCUT2D eigenvalue weighted by Crippen LogP contribution is -2.53. The van der Waals surface area contributed by atoms with Gasteiger partial charge in [-0.25, -0.2) is 4.98 Å². The molecule has 0 aliphatic carbocycles. The van der Waals surface area contributed by atoms with Gasteiger partial charge in [-0.05, 0) is 24.0 Å². The van der Waals surface area contributed by atoms with E-state index in [2.05, 4.69) is 21.9 Å². The lowest BCUT2D eigenvalue weighted by atomic mass is 10.0. The first-order valence-electron chi connectivity index (χ1n) is 16.1. The van der Waals surface area contributed by atoms with Crippen molar-refractivity contribution in [2.75, 3.05) is 91.0 Å². The Labute approximate surface area is 280 Å². The fourth-order valence-corrected chi connectivity index (χ4v) is 5.67. The maximum Gasteiger partial charge on any atom is 0.317 e. The highest BCUT2D eigenvalue weighted by atomic mass is 16.4. The van der Waals surface area contributed by atoms with Crippen LogP contribution in [0.25, 0.3) is 0 Å². The van der Waals surface area contributed by atoms with Gasteiger partial charge in [-0.1, -0.05) is 31.2 Å². The molecule has 1 fully saturated rings. The van der Waals surface area contributed by atoms with Gasteiger partial charge in [0.2, 0.25) is 5.95 Å². The molecule has 0 radical (unpaired) electrons. The third-order valence-corrected chi connectivity index (χ3v) is 8.02. The van der Waals surface area contributed by atoms with Gasteiger partial charge >= 0.3 is 23.9 Å². The van der Waals surface area contributed by atoms with E-state index in [4.69, 9.17) is 0 Å². The third kappa shape index (κ3) is 13.5. The first kappa shape index (κ1) is 38.2. The third-order valence-electron chi connectivity index (χ3n) is 8.02. The zero-order valence-corrected chi connectivity index (χ0v) is 28.0. The lowest BCUT2D eigenvalue weighted by Gasteiger charge is -2.37. The summed E-state index contributed by atoms with van der Waals surface area (Å²) in [6, 6.07) is 7.42. The number of hydrogen-bond donors (Lipinski definition) is 4. The van der Waals surface area contributed by atoms with Gasteiger partial charge in [-0.3, -0.25) is 38.8 Å². The van der Waals surface area contributed by atoms with Crippen molar-refractivity contribution in [1.82, 2.24) is 34.6 Å². The molecule has 1 aliphatic rings. The molecule has 264 valence electrons. The normalized spacial score (nSPS) is 17.7. The molecule has 1 aromatic carbocycles. The van der Waals surface area contributed by atoms with Gasteiger partial charge in [-0.15, -0.1) is 0 Å². The Morgan fingerprint density at radius 2 is 1.17 bits per heavy atom. The van der Waals surface area contributed by atoms with Crippen molar-refractivity contribution >= 4 is 29.8 Å². The summed E-state index contributed by atoms with van der Waals surface area (Å²) < 4.78 is 0. The Morgan fingerprint density at radius 1 is 0.688 bits per heavy atom. The Bertz CT molecular complexity index is 1380. The Hall–Kier alpha value is -4.25. The van der Waals surface area contributed by atoms with Gasteiger partial charge in [0.15, 0.2) is 0 Å². The molecule has 0 bridgehead atoms. The van der Waals surface area contributed by atoms with Crippen LogP contribution >= 0.6 is 0 Å². The number of nitrogens with zero attached hydrogens (tertiary/aromatic N) is 8. The summed E-state index contributed by atoms with van der Waals surface area (Å²) in [6.45, 7) is 2.54. The summed E-state index contributed by atoms with van der Waals surface area (Å²) in [5, 5.41) is 38.4. The predicted molar refractivity (Wildman–Crippen MR) is 176 cm³/mol. The number of rotatable bonds is 15. The van der Waals surface area contributed by atoms with E-state index in [1.54, 1.807) is 19.6 Å². The predicted octanol–water partition coefficient (Wildman–Crippen LogP) is -0.0480. The highest BCUT2D eigenvalue weighted by molar-refractivity contribution is 5.70. The minimum absolute atomic E-state index is 0.208. The van der Waals surface area contributed by atoms with Crippen molar-refractivity contribution < 1.29 is 39.6 Å². The Morgan fingerprint density at radius 3 is 1.69 bits per heavy atom. The highest BCUT2D eigenvalue weighted by Gasteiger charge is 2.27. The SMILES string of the molecule is CCCc1nc(Cc2ccc(CC3CN(CC(=O)O)CCN(CC(=O)O)CCN(CC(=O)O)CCN3CC(=O)O)cc2)nc(N(C)C)n1. The number of carbonyl (C=O) groups is 4. The van der Waals surface area contributed by atoms with E-state index >= 15 is 0 Å². The van der Waals surface area contributed by atoms with Crippen molar-refractivity contribution in [3.63, 3.8) is 0 Å². The molecule has 0 spiro atoms. The van der Waals surface area contributed by atoms with E-state index in [1.165, 1.54) is 0 Å². The Balaban J connectivity index is 1.89. The van der Waals surface area contributed by atoms with Crippen molar-refractivity contribution in [3.8, 4) is 0 Å². The zero-order valence-electron chi connectivity index (χ0n) is 28.0. The molecule has 0 saturated carbocycles. The summed E-state index contributed by atoms with van der Waals surface area (Å²) >= 11 is 0. The maximum atomic E-state index is 12.0. The molecule has 1 atom stereocenters. The van der Waals surface area contributed by atoms with Crippen molar-refractivity contribution in [2.45, 2.75) is 38.6 Å². The smallest absolute Gasteiger partial charge is 0.317 e. The minimum Gasteiger partial charge on any atom is -0.480 e. The number of aryl methyl sites for hydroxylation is 1. The minimum atomic E-state index is -1.05. The van der Waals surface area contributed by atoms with Crippen LogP contribution in [0.4, 0.5) is 5.95 Å². The van der Waals surface area contributed by atoms with Crippen LogP contribution in [0.5, 0.6) is 0 Å². The van der Waals surface area contributed by atoms with E-state index in [0.717, 1.165) is 29.8 Å². The molecule has 2 heterocycles. The maximum absolute atomic E-state index is 12.0. The van der Waals surface area contributed by atoms with Crippen LogP contribution in [-0.2, 0) is 38.4 Å². The van der Waals surface area contributed by atoms with Crippen LogP contribution in [-0.4, -0.2) is 171 Å². The van der Waals surface area contributed by atoms with E-state index in [1.807, 2.05) is 43.3 Å². The molecule has 2 aromatic rings. The molecule has 48 heavy (non-hydrogen) atoms. The molecule has 16 nitrogen and oxygen atoms in total. The first-order valence-corrected chi connectivity index (χ1v) is 16.1.